The lowest BCUT2D eigenvalue weighted by Crippen LogP contribution is -2.38. The third-order valence-electron chi connectivity index (χ3n) is 3.09. The number of hydrogen-bond acceptors (Lipinski definition) is 3. The van der Waals surface area contributed by atoms with E-state index in [9.17, 15) is 0 Å². The average molecular weight is 236 g/mol. The second kappa shape index (κ2) is 6.74. The van der Waals surface area contributed by atoms with Crippen LogP contribution in [0, 0.1) is 13.8 Å². The lowest BCUT2D eigenvalue weighted by Gasteiger charge is -2.27. The van der Waals surface area contributed by atoms with Crippen LogP contribution in [0.2, 0.25) is 0 Å². The molecule has 0 aliphatic heterocycles. The minimum absolute atomic E-state index is 0.0561. The van der Waals surface area contributed by atoms with Gasteiger partial charge in [-0.1, -0.05) is 30.7 Å². The summed E-state index contributed by atoms with van der Waals surface area (Å²) in [7, 11) is 0. The lowest BCUT2D eigenvalue weighted by atomic mass is 9.95. The predicted molar refractivity (Wildman–Crippen MR) is 71.7 cm³/mol. The molecule has 0 saturated carbocycles. The summed E-state index contributed by atoms with van der Waals surface area (Å²) in [4.78, 5) is 0. The van der Waals surface area contributed by atoms with Crippen molar-refractivity contribution in [3.63, 3.8) is 0 Å². The van der Waals surface area contributed by atoms with Crippen molar-refractivity contribution in [3.8, 4) is 0 Å². The number of hydrogen-bond donors (Lipinski definition) is 2. The van der Waals surface area contributed by atoms with E-state index in [4.69, 9.17) is 10.6 Å². The fraction of sp³-hybridized carbons (Fsp3) is 0.571. The Morgan fingerprint density at radius 1 is 1.29 bits per heavy atom. The van der Waals surface area contributed by atoms with Gasteiger partial charge in [0.1, 0.15) is 0 Å². The molecule has 2 atom stereocenters. The minimum Gasteiger partial charge on any atom is -0.376 e. The quantitative estimate of drug-likeness (QED) is 0.589. The van der Waals surface area contributed by atoms with Crippen LogP contribution < -0.4 is 11.3 Å². The van der Waals surface area contributed by atoms with Gasteiger partial charge in [-0.05, 0) is 38.3 Å². The van der Waals surface area contributed by atoms with Crippen molar-refractivity contribution in [3.05, 3.63) is 34.9 Å². The van der Waals surface area contributed by atoms with E-state index >= 15 is 0 Å². The van der Waals surface area contributed by atoms with Gasteiger partial charge in [-0.3, -0.25) is 11.3 Å². The number of ether oxygens (including phenoxy) is 1. The van der Waals surface area contributed by atoms with E-state index in [-0.39, 0.29) is 12.1 Å². The van der Waals surface area contributed by atoms with Gasteiger partial charge in [0, 0.05) is 6.61 Å². The normalized spacial score (nSPS) is 14.6. The first-order valence-electron chi connectivity index (χ1n) is 6.28. The van der Waals surface area contributed by atoms with Gasteiger partial charge >= 0.3 is 0 Å². The van der Waals surface area contributed by atoms with E-state index < -0.39 is 0 Å². The minimum atomic E-state index is 0.0561. The first-order valence-corrected chi connectivity index (χ1v) is 6.28. The van der Waals surface area contributed by atoms with Crippen molar-refractivity contribution < 1.29 is 4.74 Å². The first-order chi connectivity index (χ1) is 8.13. The Morgan fingerprint density at radius 3 is 2.47 bits per heavy atom. The van der Waals surface area contributed by atoms with Crippen molar-refractivity contribution >= 4 is 0 Å². The molecule has 0 amide bonds. The molecule has 0 bridgehead atoms. The van der Waals surface area contributed by atoms with Crippen molar-refractivity contribution in [2.45, 2.75) is 46.3 Å². The highest BCUT2D eigenvalue weighted by atomic mass is 16.5. The van der Waals surface area contributed by atoms with Gasteiger partial charge in [-0.2, -0.15) is 0 Å². The van der Waals surface area contributed by atoms with Crippen LogP contribution in [0.3, 0.4) is 0 Å². The molecule has 2 unspecified atom stereocenters. The van der Waals surface area contributed by atoms with E-state index in [0.29, 0.717) is 6.61 Å². The molecule has 0 spiro atoms. The molecule has 17 heavy (non-hydrogen) atoms. The molecule has 0 aliphatic rings. The summed E-state index contributed by atoms with van der Waals surface area (Å²) in [5.41, 5.74) is 6.64. The van der Waals surface area contributed by atoms with E-state index in [1.807, 2.05) is 6.92 Å². The van der Waals surface area contributed by atoms with Crippen LogP contribution in [0.25, 0.3) is 0 Å². The van der Waals surface area contributed by atoms with Gasteiger partial charge in [-0.15, -0.1) is 0 Å². The molecule has 0 aromatic heterocycles. The van der Waals surface area contributed by atoms with Gasteiger partial charge in [-0.25, -0.2) is 0 Å². The predicted octanol–water partition coefficient (Wildman–Crippen LogP) is 2.62. The molecule has 1 aromatic rings. The third-order valence-corrected chi connectivity index (χ3v) is 3.09. The van der Waals surface area contributed by atoms with Gasteiger partial charge in [0.15, 0.2) is 0 Å². The van der Waals surface area contributed by atoms with Crippen molar-refractivity contribution in [1.82, 2.24) is 5.43 Å². The van der Waals surface area contributed by atoms with Crippen molar-refractivity contribution in [2.24, 2.45) is 5.84 Å². The van der Waals surface area contributed by atoms with Crippen LogP contribution in [-0.2, 0) is 4.74 Å². The van der Waals surface area contributed by atoms with Crippen LogP contribution in [-0.4, -0.2) is 12.7 Å². The number of nitrogens with two attached hydrogens (primary N) is 1. The zero-order chi connectivity index (χ0) is 12.8. The van der Waals surface area contributed by atoms with Crippen LogP contribution >= 0.6 is 0 Å². The average Bonchev–Trinajstić information content (AvgIpc) is 2.31. The smallest absolute Gasteiger partial charge is 0.0780 e. The lowest BCUT2D eigenvalue weighted by molar-refractivity contribution is 0.0312. The van der Waals surface area contributed by atoms with Crippen molar-refractivity contribution in [1.29, 1.82) is 0 Å². The fourth-order valence-electron chi connectivity index (χ4n) is 2.24. The second-order valence-electron chi connectivity index (χ2n) is 4.41. The summed E-state index contributed by atoms with van der Waals surface area (Å²) in [6, 6.07) is 6.49. The molecular weight excluding hydrogens is 212 g/mol. The Labute approximate surface area is 104 Å². The molecule has 0 saturated heterocycles. The Hall–Kier alpha value is -0.900. The second-order valence-corrected chi connectivity index (χ2v) is 4.41. The molecule has 0 fully saturated rings. The molecule has 1 rings (SSSR count). The Kier molecular flexibility index (Phi) is 5.62. The van der Waals surface area contributed by atoms with Gasteiger partial charge in [0.2, 0.25) is 0 Å². The Balaban J connectivity index is 2.99. The zero-order valence-corrected chi connectivity index (χ0v) is 11.3. The SMILES string of the molecule is CCOC(CC)C(NN)c1ccc(C)cc1C. The highest BCUT2D eigenvalue weighted by Gasteiger charge is 2.22. The zero-order valence-electron chi connectivity index (χ0n) is 11.3. The summed E-state index contributed by atoms with van der Waals surface area (Å²) >= 11 is 0. The molecule has 1 aromatic carbocycles. The van der Waals surface area contributed by atoms with Gasteiger partial charge < -0.3 is 4.74 Å². The monoisotopic (exact) mass is 236 g/mol. The summed E-state index contributed by atoms with van der Waals surface area (Å²) < 4.78 is 5.74. The Bertz CT molecular complexity index is 352. The highest BCUT2D eigenvalue weighted by molar-refractivity contribution is 5.33. The summed E-state index contributed by atoms with van der Waals surface area (Å²) in [6.45, 7) is 9.06. The van der Waals surface area contributed by atoms with Gasteiger partial charge in [0.05, 0.1) is 12.1 Å². The third kappa shape index (κ3) is 3.53. The number of aryl methyl sites for hydroxylation is 2. The van der Waals surface area contributed by atoms with Crippen LogP contribution in [0.1, 0.15) is 43.0 Å². The molecule has 3 N–H and O–H groups in total. The fourth-order valence-corrected chi connectivity index (χ4v) is 2.24. The standard InChI is InChI=1S/C14H24N2O/c1-5-13(17-6-2)14(16-15)12-8-7-10(3)9-11(12)4/h7-9,13-14,16H,5-6,15H2,1-4H3. The van der Waals surface area contributed by atoms with Crippen LogP contribution in [0.4, 0.5) is 0 Å². The highest BCUT2D eigenvalue weighted by Crippen LogP contribution is 2.24. The van der Waals surface area contributed by atoms with Crippen LogP contribution in [0.5, 0.6) is 0 Å². The number of nitrogens with one attached hydrogen (secondary N) is 1. The number of rotatable bonds is 6. The molecule has 3 heteroatoms. The Morgan fingerprint density at radius 2 is 2.00 bits per heavy atom. The van der Waals surface area contributed by atoms with Crippen LogP contribution in [0.15, 0.2) is 18.2 Å². The number of hydrazine groups is 1. The molecule has 96 valence electrons. The maximum Gasteiger partial charge on any atom is 0.0780 e. The van der Waals surface area contributed by atoms with Gasteiger partial charge in [0.25, 0.3) is 0 Å². The maximum absolute atomic E-state index is 5.74. The molecular formula is C14H24N2O. The molecule has 3 nitrogen and oxygen atoms in total. The van der Waals surface area contributed by atoms with E-state index in [2.05, 4.69) is 44.4 Å². The molecule has 0 aliphatic carbocycles. The molecule has 0 heterocycles. The topological polar surface area (TPSA) is 47.3 Å². The molecule has 0 radical (unpaired) electrons. The summed E-state index contributed by atoms with van der Waals surface area (Å²) in [6.07, 6.45) is 1.06. The first kappa shape index (κ1) is 14.2. The largest absolute Gasteiger partial charge is 0.376 e. The van der Waals surface area contributed by atoms with E-state index in [0.717, 1.165) is 6.42 Å². The maximum atomic E-state index is 5.74. The van der Waals surface area contributed by atoms with E-state index in [1.54, 1.807) is 0 Å². The van der Waals surface area contributed by atoms with Crippen molar-refractivity contribution in [2.75, 3.05) is 6.61 Å². The van der Waals surface area contributed by atoms with E-state index in [1.165, 1.54) is 16.7 Å². The summed E-state index contributed by atoms with van der Waals surface area (Å²) in [5, 5.41) is 0. The summed E-state index contributed by atoms with van der Waals surface area (Å²) in [5.74, 6) is 5.69. The number of benzene rings is 1.